The molecule has 104 valence electrons. The summed E-state index contributed by atoms with van der Waals surface area (Å²) in [5.74, 6) is 0.314. The lowest BCUT2D eigenvalue weighted by molar-refractivity contribution is -0.141. The van der Waals surface area contributed by atoms with Crippen molar-refractivity contribution in [2.75, 3.05) is 46.3 Å². The molecule has 2 saturated heterocycles. The zero-order valence-corrected chi connectivity index (χ0v) is 11.9. The van der Waals surface area contributed by atoms with Crippen LogP contribution in [0.5, 0.6) is 0 Å². The van der Waals surface area contributed by atoms with Gasteiger partial charge in [0.15, 0.2) is 0 Å². The first kappa shape index (κ1) is 13.8. The van der Waals surface area contributed by atoms with Gasteiger partial charge in [-0.25, -0.2) is 0 Å². The third-order valence-corrected chi connectivity index (χ3v) is 4.41. The monoisotopic (exact) mass is 253 g/mol. The van der Waals surface area contributed by atoms with Gasteiger partial charge < -0.3 is 15.1 Å². The van der Waals surface area contributed by atoms with Crippen molar-refractivity contribution in [2.24, 2.45) is 5.41 Å². The Labute approximate surface area is 111 Å². The Bertz CT molecular complexity index is 281. The number of nitrogens with zero attached hydrogens (tertiary/aromatic N) is 2. The summed E-state index contributed by atoms with van der Waals surface area (Å²) in [6.07, 6.45) is 4.77. The molecule has 0 radical (unpaired) electrons. The molecule has 2 fully saturated rings. The minimum atomic E-state index is -0.183. The predicted octanol–water partition coefficient (Wildman–Crippen LogP) is 0.930. The van der Waals surface area contributed by atoms with Crippen LogP contribution in [0.15, 0.2) is 0 Å². The highest BCUT2D eigenvalue weighted by Crippen LogP contribution is 2.27. The van der Waals surface area contributed by atoms with Gasteiger partial charge in [0.05, 0.1) is 5.41 Å². The van der Waals surface area contributed by atoms with Crippen molar-refractivity contribution in [1.82, 2.24) is 15.1 Å². The van der Waals surface area contributed by atoms with Crippen LogP contribution in [-0.2, 0) is 4.79 Å². The molecule has 0 aliphatic carbocycles. The fourth-order valence-electron chi connectivity index (χ4n) is 3.10. The number of carbonyl (C=O) groups is 1. The van der Waals surface area contributed by atoms with Crippen LogP contribution in [0.2, 0.25) is 0 Å². The van der Waals surface area contributed by atoms with E-state index in [9.17, 15) is 4.79 Å². The Morgan fingerprint density at radius 2 is 2.06 bits per heavy atom. The third-order valence-electron chi connectivity index (χ3n) is 4.41. The van der Waals surface area contributed by atoms with E-state index in [2.05, 4.69) is 17.1 Å². The second-order valence-corrected chi connectivity index (χ2v) is 6.12. The van der Waals surface area contributed by atoms with Crippen LogP contribution < -0.4 is 5.32 Å². The quantitative estimate of drug-likeness (QED) is 0.809. The van der Waals surface area contributed by atoms with Gasteiger partial charge in [-0.15, -0.1) is 0 Å². The molecule has 0 aromatic heterocycles. The van der Waals surface area contributed by atoms with Crippen molar-refractivity contribution in [3.63, 3.8) is 0 Å². The third kappa shape index (κ3) is 3.23. The molecule has 1 N–H and O–H groups in total. The molecule has 1 amide bonds. The molecule has 1 atom stereocenters. The highest BCUT2D eigenvalue weighted by molar-refractivity contribution is 5.82. The summed E-state index contributed by atoms with van der Waals surface area (Å²) >= 11 is 0. The average Bonchev–Trinajstić information content (AvgIpc) is 2.89. The minimum absolute atomic E-state index is 0.183. The Morgan fingerprint density at radius 1 is 1.33 bits per heavy atom. The van der Waals surface area contributed by atoms with E-state index in [-0.39, 0.29) is 5.41 Å². The SMILES string of the molecule is CN(CCN1CCCC1)C(=O)C1(C)CCCNC1. The van der Waals surface area contributed by atoms with Crippen LogP contribution in [0.1, 0.15) is 32.6 Å². The summed E-state index contributed by atoms with van der Waals surface area (Å²) < 4.78 is 0. The molecule has 2 heterocycles. The normalized spacial score (nSPS) is 29.4. The highest BCUT2D eigenvalue weighted by atomic mass is 16.2. The molecule has 2 rings (SSSR count). The van der Waals surface area contributed by atoms with Crippen molar-refractivity contribution in [3.8, 4) is 0 Å². The summed E-state index contributed by atoms with van der Waals surface area (Å²) in [5.41, 5.74) is -0.183. The fourth-order valence-corrected chi connectivity index (χ4v) is 3.10. The van der Waals surface area contributed by atoms with E-state index >= 15 is 0 Å². The van der Waals surface area contributed by atoms with Crippen LogP contribution in [-0.4, -0.2) is 62.0 Å². The van der Waals surface area contributed by atoms with E-state index in [0.717, 1.165) is 39.0 Å². The molecule has 0 bridgehead atoms. The lowest BCUT2D eigenvalue weighted by atomic mass is 9.81. The molecule has 0 spiro atoms. The van der Waals surface area contributed by atoms with Gasteiger partial charge in [-0.1, -0.05) is 0 Å². The molecule has 18 heavy (non-hydrogen) atoms. The van der Waals surface area contributed by atoms with Crippen molar-refractivity contribution < 1.29 is 4.79 Å². The van der Waals surface area contributed by atoms with Gasteiger partial charge in [-0.05, 0) is 52.2 Å². The number of likely N-dealkylation sites (N-methyl/N-ethyl adjacent to an activating group) is 1. The molecule has 2 aliphatic rings. The zero-order valence-electron chi connectivity index (χ0n) is 11.9. The van der Waals surface area contributed by atoms with Crippen LogP contribution in [0.4, 0.5) is 0 Å². The van der Waals surface area contributed by atoms with Crippen molar-refractivity contribution in [3.05, 3.63) is 0 Å². The number of nitrogens with one attached hydrogen (secondary N) is 1. The van der Waals surface area contributed by atoms with Crippen LogP contribution in [0.3, 0.4) is 0 Å². The number of amides is 1. The van der Waals surface area contributed by atoms with E-state index in [1.54, 1.807) is 0 Å². The number of carbonyl (C=O) groups excluding carboxylic acids is 1. The second-order valence-electron chi connectivity index (χ2n) is 6.12. The molecule has 0 aromatic rings. The van der Waals surface area contributed by atoms with Gasteiger partial charge in [-0.3, -0.25) is 4.79 Å². The van der Waals surface area contributed by atoms with E-state index in [4.69, 9.17) is 0 Å². The first-order valence-electron chi connectivity index (χ1n) is 7.30. The lowest BCUT2D eigenvalue weighted by Crippen LogP contribution is -2.50. The average molecular weight is 253 g/mol. The summed E-state index contributed by atoms with van der Waals surface area (Å²) in [7, 11) is 1.96. The predicted molar refractivity (Wildman–Crippen MR) is 73.5 cm³/mol. The first-order chi connectivity index (χ1) is 8.62. The van der Waals surface area contributed by atoms with E-state index in [1.807, 2.05) is 11.9 Å². The van der Waals surface area contributed by atoms with Crippen molar-refractivity contribution in [1.29, 1.82) is 0 Å². The second kappa shape index (κ2) is 6.02. The Kier molecular flexibility index (Phi) is 4.62. The van der Waals surface area contributed by atoms with Crippen LogP contribution in [0.25, 0.3) is 0 Å². The maximum absolute atomic E-state index is 12.5. The van der Waals surface area contributed by atoms with Gasteiger partial charge in [0.25, 0.3) is 0 Å². The number of hydrogen-bond donors (Lipinski definition) is 1. The highest BCUT2D eigenvalue weighted by Gasteiger charge is 2.36. The van der Waals surface area contributed by atoms with Gasteiger partial charge in [0.2, 0.25) is 5.91 Å². The van der Waals surface area contributed by atoms with E-state index < -0.39 is 0 Å². The maximum Gasteiger partial charge on any atom is 0.229 e. The Hall–Kier alpha value is -0.610. The van der Waals surface area contributed by atoms with Crippen LogP contribution in [0, 0.1) is 5.41 Å². The standard InChI is InChI=1S/C14H27N3O/c1-14(6-5-7-15-12-14)13(18)16(2)10-11-17-8-3-4-9-17/h15H,3-12H2,1-2H3. The minimum Gasteiger partial charge on any atom is -0.344 e. The molecule has 4 nitrogen and oxygen atoms in total. The van der Waals surface area contributed by atoms with E-state index in [0.29, 0.717) is 5.91 Å². The molecule has 0 aromatic carbocycles. The smallest absolute Gasteiger partial charge is 0.229 e. The molecular weight excluding hydrogens is 226 g/mol. The Balaban J connectivity index is 1.79. The van der Waals surface area contributed by atoms with Gasteiger partial charge in [0, 0.05) is 26.7 Å². The zero-order chi connectivity index (χ0) is 13.0. The summed E-state index contributed by atoms with van der Waals surface area (Å²) in [5, 5.41) is 3.35. The van der Waals surface area contributed by atoms with Crippen molar-refractivity contribution >= 4 is 5.91 Å². The number of likely N-dealkylation sites (tertiary alicyclic amines) is 1. The summed E-state index contributed by atoms with van der Waals surface area (Å²) in [4.78, 5) is 16.9. The number of piperidine rings is 1. The molecule has 4 heteroatoms. The fraction of sp³-hybridized carbons (Fsp3) is 0.929. The Morgan fingerprint density at radius 3 is 2.67 bits per heavy atom. The topological polar surface area (TPSA) is 35.6 Å². The molecule has 2 aliphatic heterocycles. The largest absolute Gasteiger partial charge is 0.344 e. The summed E-state index contributed by atoms with van der Waals surface area (Å²) in [6, 6.07) is 0. The lowest BCUT2D eigenvalue weighted by Gasteiger charge is -2.36. The van der Waals surface area contributed by atoms with Gasteiger partial charge >= 0.3 is 0 Å². The van der Waals surface area contributed by atoms with Crippen LogP contribution >= 0.6 is 0 Å². The summed E-state index contributed by atoms with van der Waals surface area (Å²) in [6.45, 7) is 8.32. The number of hydrogen-bond acceptors (Lipinski definition) is 3. The molecule has 1 unspecified atom stereocenters. The van der Waals surface area contributed by atoms with Gasteiger partial charge in [0.1, 0.15) is 0 Å². The molecular formula is C14H27N3O. The maximum atomic E-state index is 12.5. The first-order valence-corrected chi connectivity index (χ1v) is 7.30. The van der Waals surface area contributed by atoms with E-state index in [1.165, 1.54) is 25.9 Å². The van der Waals surface area contributed by atoms with Gasteiger partial charge in [-0.2, -0.15) is 0 Å². The molecule has 0 saturated carbocycles. The van der Waals surface area contributed by atoms with Crippen molar-refractivity contribution in [2.45, 2.75) is 32.6 Å². The number of rotatable bonds is 4.